The SMILES string of the molecule is CC(C)c1cncnc1C(C)C.CC(C)c1nccc(F)c1C(C)C. The maximum absolute atomic E-state index is 13.4. The zero-order valence-electron chi connectivity index (χ0n) is 16.8. The van der Waals surface area contributed by atoms with Crippen molar-refractivity contribution in [3.63, 3.8) is 0 Å². The van der Waals surface area contributed by atoms with Gasteiger partial charge in [0.2, 0.25) is 0 Å². The Morgan fingerprint density at radius 1 is 0.760 bits per heavy atom. The minimum atomic E-state index is -0.131. The van der Waals surface area contributed by atoms with Gasteiger partial charge in [-0.1, -0.05) is 55.4 Å². The van der Waals surface area contributed by atoms with Crippen molar-refractivity contribution < 1.29 is 4.39 Å². The minimum Gasteiger partial charge on any atom is -0.261 e. The van der Waals surface area contributed by atoms with E-state index in [1.54, 1.807) is 6.33 Å². The van der Waals surface area contributed by atoms with Gasteiger partial charge in [0.1, 0.15) is 12.1 Å². The van der Waals surface area contributed by atoms with E-state index in [1.165, 1.54) is 23.5 Å². The van der Waals surface area contributed by atoms with Crippen molar-refractivity contribution in [1.82, 2.24) is 15.0 Å². The predicted octanol–water partition coefficient (Wildman–Crippen LogP) is 6.19. The molecule has 0 N–H and O–H groups in total. The zero-order chi connectivity index (χ0) is 19.1. The Morgan fingerprint density at radius 2 is 1.36 bits per heavy atom. The van der Waals surface area contributed by atoms with E-state index in [0.717, 1.165) is 11.3 Å². The van der Waals surface area contributed by atoms with Crippen LogP contribution in [-0.4, -0.2) is 15.0 Å². The van der Waals surface area contributed by atoms with E-state index in [2.05, 4.69) is 42.6 Å². The molecule has 0 amide bonds. The van der Waals surface area contributed by atoms with Crippen LogP contribution < -0.4 is 0 Å². The summed E-state index contributed by atoms with van der Waals surface area (Å²) in [5.41, 5.74) is 4.10. The second-order valence-electron chi connectivity index (χ2n) is 7.57. The van der Waals surface area contributed by atoms with Crippen molar-refractivity contribution in [2.75, 3.05) is 0 Å². The third-order valence-corrected chi connectivity index (χ3v) is 4.03. The molecule has 0 spiro atoms. The molecule has 0 saturated heterocycles. The number of nitrogens with zero attached hydrogens (tertiary/aromatic N) is 3. The van der Waals surface area contributed by atoms with Crippen LogP contribution in [0.25, 0.3) is 0 Å². The highest BCUT2D eigenvalue weighted by Crippen LogP contribution is 2.26. The molecule has 2 aromatic heterocycles. The molecule has 2 aromatic rings. The molecular weight excluding hydrogens is 313 g/mol. The molecule has 0 aliphatic heterocycles. The third-order valence-electron chi connectivity index (χ3n) is 4.03. The van der Waals surface area contributed by atoms with E-state index in [-0.39, 0.29) is 17.7 Å². The molecule has 0 aromatic carbocycles. The average molecular weight is 346 g/mol. The molecule has 2 rings (SSSR count). The lowest BCUT2D eigenvalue weighted by molar-refractivity contribution is 0.582. The highest BCUT2D eigenvalue weighted by Gasteiger charge is 2.15. The Morgan fingerprint density at radius 3 is 1.76 bits per heavy atom. The monoisotopic (exact) mass is 345 g/mol. The van der Waals surface area contributed by atoms with Crippen molar-refractivity contribution in [2.24, 2.45) is 0 Å². The molecule has 3 nitrogen and oxygen atoms in total. The van der Waals surface area contributed by atoms with Crippen molar-refractivity contribution in [1.29, 1.82) is 0 Å². The van der Waals surface area contributed by atoms with E-state index in [9.17, 15) is 4.39 Å². The summed E-state index contributed by atoms with van der Waals surface area (Å²) >= 11 is 0. The standard InChI is InChI=1S/C11H16FN.C10H16N2/c1-7(2)10-9(12)5-6-13-11(10)8(3)4;1-7(2)9-5-11-6-12-10(9)8(3)4/h5-8H,1-4H3;5-8H,1-4H3. The van der Waals surface area contributed by atoms with Crippen molar-refractivity contribution in [3.8, 4) is 0 Å². The summed E-state index contributed by atoms with van der Waals surface area (Å²) in [6.45, 7) is 16.7. The molecule has 0 saturated carbocycles. The van der Waals surface area contributed by atoms with Crippen molar-refractivity contribution in [2.45, 2.75) is 79.1 Å². The Kier molecular flexibility index (Phi) is 8.14. The lowest BCUT2D eigenvalue weighted by atomic mass is 9.95. The fraction of sp³-hybridized carbons (Fsp3) is 0.571. The maximum atomic E-state index is 13.4. The van der Waals surface area contributed by atoms with E-state index in [4.69, 9.17) is 0 Å². The number of halogens is 1. The van der Waals surface area contributed by atoms with Crippen LogP contribution >= 0.6 is 0 Å². The van der Waals surface area contributed by atoms with Crippen LogP contribution in [0.2, 0.25) is 0 Å². The van der Waals surface area contributed by atoms with Gasteiger partial charge in [-0.25, -0.2) is 14.4 Å². The number of aromatic nitrogens is 3. The molecule has 0 fully saturated rings. The van der Waals surface area contributed by atoms with Gasteiger partial charge >= 0.3 is 0 Å². The van der Waals surface area contributed by atoms with Gasteiger partial charge in [0, 0.05) is 29.3 Å². The van der Waals surface area contributed by atoms with E-state index in [0.29, 0.717) is 11.8 Å². The summed E-state index contributed by atoms with van der Waals surface area (Å²) in [5.74, 6) is 1.36. The molecule has 2 heterocycles. The molecule has 0 radical (unpaired) electrons. The summed E-state index contributed by atoms with van der Waals surface area (Å²) in [4.78, 5) is 12.5. The molecule has 0 aliphatic rings. The van der Waals surface area contributed by atoms with Crippen LogP contribution in [-0.2, 0) is 0 Å². The number of hydrogen-bond acceptors (Lipinski definition) is 3. The van der Waals surface area contributed by atoms with Crippen LogP contribution in [0.15, 0.2) is 24.8 Å². The summed E-state index contributed by atoms with van der Waals surface area (Å²) in [6, 6.07) is 1.43. The Bertz CT molecular complexity index is 637. The molecule has 138 valence electrons. The largest absolute Gasteiger partial charge is 0.261 e. The minimum absolute atomic E-state index is 0.131. The van der Waals surface area contributed by atoms with Crippen molar-refractivity contribution in [3.05, 3.63) is 53.1 Å². The van der Waals surface area contributed by atoms with E-state index < -0.39 is 0 Å². The van der Waals surface area contributed by atoms with Crippen LogP contribution in [0.5, 0.6) is 0 Å². The van der Waals surface area contributed by atoms with Gasteiger partial charge in [0.15, 0.2) is 0 Å². The van der Waals surface area contributed by atoms with Gasteiger partial charge in [0.25, 0.3) is 0 Å². The highest BCUT2D eigenvalue weighted by molar-refractivity contribution is 5.27. The molecule has 25 heavy (non-hydrogen) atoms. The normalized spacial score (nSPS) is 11.2. The summed E-state index contributed by atoms with van der Waals surface area (Å²) < 4.78 is 13.4. The quantitative estimate of drug-likeness (QED) is 0.663. The van der Waals surface area contributed by atoms with Gasteiger partial charge in [0.05, 0.1) is 0 Å². The van der Waals surface area contributed by atoms with Gasteiger partial charge in [-0.2, -0.15) is 0 Å². The molecule has 0 bridgehead atoms. The number of pyridine rings is 1. The zero-order valence-corrected chi connectivity index (χ0v) is 16.8. The first-order valence-electron chi connectivity index (χ1n) is 9.10. The van der Waals surface area contributed by atoms with Crippen LogP contribution in [0.1, 0.15) is 102 Å². The van der Waals surface area contributed by atoms with E-state index >= 15 is 0 Å². The lowest BCUT2D eigenvalue weighted by Gasteiger charge is -2.14. The Labute approximate surface area is 152 Å². The Hall–Kier alpha value is -1.84. The molecule has 4 heteroatoms. The second-order valence-corrected chi connectivity index (χ2v) is 7.57. The summed E-state index contributed by atoms with van der Waals surface area (Å²) in [5, 5.41) is 0. The first-order chi connectivity index (χ1) is 11.7. The van der Waals surface area contributed by atoms with Gasteiger partial charge in [-0.05, 0) is 35.3 Å². The smallest absolute Gasteiger partial charge is 0.130 e. The fourth-order valence-corrected chi connectivity index (χ4v) is 2.77. The van der Waals surface area contributed by atoms with Crippen LogP contribution in [0.4, 0.5) is 4.39 Å². The Balaban J connectivity index is 0.000000251. The fourth-order valence-electron chi connectivity index (χ4n) is 2.77. The molecule has 0 unspecified atom stereocenters. The van der Waals surface area contributed by atoms with Crippen LogP contribution in [0, 0.1) is 5.82 Å². The lowest BCUT2D eigenvalue weighted by Crippen LogP contribution is -2.04. The number of hydrogen-bond donors (Lipinski definition) is 0. The molecule has 0 aliphatic carbocycles. The first-order valence-corrected chi connectivity index (χ1v) is 9.10. The topological polar surface area (TPSA) is 38.7 Å². The third kappa shape index (κ3) is 5.87. The highest BCUT2D eigenvalue weighted by atomic mass is 19.1. The van der Waals surface area contributed by atoms with Gasteiger partial charge in [-0.3, -0.25) is 4.98 Å². The second kappa shape index (κ2) is 9.59. The van der Waals surface area contributed by atoms with Gasteiger partial charge < -0.3 is 0 Å². The molecule has 0 atom stereocenters. The van der Waals surface area contributed by atoms with Crippen LogP contribution in [0.3, 0.4) is 0 Å². The summed E-state index contributed by atoms with van der Waals surface area (Å²) in [7, 11) is 0. The maximum Gasteiger partial charge on any atom is 0.130 e. The number of rotatable bonds is 4. The van der Waals surface area contributed by atoms with Crippen molar-refractivity contribution >= 4 is 0 Å². The van der Waals surface area contributed by atoms with Gasteiger partial charge in [-0.15, -0.1) is 0 Å². The molecular formula is C21H32FN3. The average Bonchev–Trinajstić information content (AvgIpc) is 2.54. The first kappa shape index (κ1) is 21.2. The summed E-state index contributed by atoms with van der Waals surface area (Å²) in [6.07, 6.45) is 5.09. The predicted molar refractivity (Wildman–Crippen MR) is 103 cm³/mol. The van der Waals surface area contributed by atoms with E-state index in [1.807, 2.05) is 33.9 Å².